The Morgan fingerprint density at radius 3 is 2.82 bits per heavy atom. The van der Waals surface area contributed by atoms with Crippen molar-refractivity contribution in [3.8, 4) is 5.75 Å². The van der Waals surface area contributed by atoms with Crippen LogP contribution in [-0.2, 0) is 4.79 Å². The first kappa shape index (κ1) is 17.2. The van der Waals surface area contributed by atoms with E-state index in [4.69, 9.17) is 10.5 Å². The number of hydrogen-bond acceptors (Lipinski definition) is 4. The first-order valence-corrected chi connectivity index (χ1v) is 8.89. The molecule has 0 spiro atoms. The van der Waals surface area contributed by atoms with Gasteiger partial charge in [-0.05, 0) is 49.9 Å². The molecule has 22 heavy (non-hydrogen) atoms. The number of methoxy groups -OCH3 is 1. The van der Waals surface area contributed by atoms with Crippen LogP contribution in [0.3, 0.4) is 0 Å². The van der Waals surface area contributed by atoms with E-state index in [1.807, 2.05) is 36.1 Å². The molecule has 2 unspecified atom stereocenters. The maximum atomic E-state index is 12.3. The van der Waals surface area contributed by atoms with Gasteiger partial charge in [0.25, 0.3) is 0 Å². The Hall–Kier alpha value is -1.20. The van der Waals surface area contributed by atoms with Crippen molar-refractivity contribution >= 4 is 17.7 Å². The van der Waals surface area contributed by atoms with Gasteiger partial charge in [0.2, 0.25) is 5.91 Å². The van der Waals surface area contributed by atoms with Crippen LogP contribution in [0.5, 0.6) is 5.75 Å². The monoisotopic (exact) mass is 322 g/mol. The number of likely N-dealkylation sites (tertiary alicyclic amines) is 1. The highest BCUT2D eigenvalue weighted by atomic mass is 32.2. The van der Waals surface area contributed by atoms with E-state index in [9.17, 15) is 4.79 Å². The van der Waals surface area contributed by atoms with E-state index in [0.717, 1.165) is 37.4 Å². The van der Waals surface area contributed by atoms with Crippen LogP contribution in [0.15, 0.2) is 29.2 Å². The molecule has 1 heterocycles. The molecule has 1 aromatic rings. The molecule has 2 atom stereocenters. The van der Waals surface area contributed by atoms with Gasteiger partial charge in [-0.2, -0.15) is 0 Å². The summed E-state index contributed by atoms with van der Waals surface area (Å²) < 4.78 is 5.14. The Balaban J connectivity index is 1.75. The molecule has 1 fully saturated rings. The molecule has 0 aromatic heterocycles. The number of carbonyl (C=O) groups is 1. The molecule has 4 nitrogen and oxygen atoms in total. The van der Waals surface area contributed by atoms with Gasteiger partial charge < -0.3 is 15.4 Å². The zero-order valence-electron chi connectivity index (χ0n) is 13.5. The third kappa shape index (κ3) is 4.92. The van der Waals surface area contributed by atoms with Gasteiger partial charge in [-0.3, -0.25) is 4.79 Å². The van der Waals surface area contributed by atoms with Gasteiger partial charge in [-0.1, -0.05) is 0 Å². The minimum atomic E-state index is 0.171. The van der Waals surface area contributed by atoms with Crippen molar-refractivity contribution in [2.45, 2.75) is 37.1 Å². The average Bonchev–Trinajstić information content (AvgIpc) is 2.55. The highest BCUT2D eigenvalue weighted by Crippen LogP contribution is 2.23. The van der Waals surface area contributed by atoms with Crippen molar-refractivity contribution in [3.05, 3.63) is 24.3 Å². The fourth-order valence-electron chi connectivity index (χ4n) is 2.75. The summed E-state index contributed by atoms with van der Waals surface area (Å²) >= 11 is 1.71. The quantitative estimate of drug-likeness (QED) is 0.818. The van der Waals surface area contributed by atoms with Gasteiger partial charge in [0.1, 0.15) is 5.75 Å². The number of amides is 1. The van der Waals surface area contributed by atoms with Crippen LogP contribution in [0.2, 0.25) is 0 Å². The Morgan fingerprint density at radius 1 is 1.45 bits per heavy atom. The Morgan fingerprint density at radius 2 is 2.18 bits per heavy atom. The van der Waals surface area contributed by atoms with Crippen molar-refractivity contribution in [2.75, 3.05) is 26.0 Å². The van der Waals surface area contributed by atoms with Crippen molar-refractivity contribution in [2.24, 2.45) is 11.7 Å². The van der Waals surface area contributed by atoms with E-state index < -0.39 is 0 Å². The summed E-state index contributed by atoms with van der Waals surface area (Å²) in [6.07, 6.45) is 2.80. The molecule has 1 aromatic carbocycles. The van der Waals surface area contributed by atoms with Crippen LogP contribution in [0.25, 0.3) is 0 Å². The number of rotatable bonds is 6. The maximum absolute atomic E-state index is 12.3. The van der Waals surface area contributed by atoms with E-state index in [1.165, 1.54) is 4.90 Å². The molecule has 1 aliphatic heterocycles. The second-order valence-corrected chi connectivity index (χ2v) is 7.04. The zero-order valence-corrected chi connectivity index (χ0v) is 14.3. The standard InChI is InChI=1S/C17H26N2O2S/c1-13(18)14-4-3-10-19(12-14)17(20)9-11-22-16-7-5-15(21-2)6-8-16/h5-8,13-14H,3-4,9-12,18H2,1-2H3. The van der Waals surface area contributed by atoms with Crippen molar-refractivity contribution < 1.29 is 9.53 Å². The van der Waals surface area contributed by atoms with Gasteiger partial charge >= 0.3 is 0 Å². The van der Waals surface area contributed by atoms with E-state index in [-0.39, 0.29) is 11.9 Å². The number of benzene rings is 1. The molecule has 0 radical (unpaired) electrons. The van der Waals surface area contributed by atoms with Crippen LogP contribution in [0.1, 0.15) is 26.2 Å². The lowest BCUT2D eigenvalue weighted by atomic mass is 9.92. The smallest absolute Gasteiger partial charge is 0.223 e. The molecule has 0 aliphatic carbocycles. The zero-order chi connectivity index (χ0) is 15.9. The lowest BCUT2D eigenvalue weighted by molar-refractivity contribution is -0.132. The number of thioether (sulfide) groups is 1. The normalized spacial score (nSPS) is 19.8. The predicted octanol–water partition coefficient (Wildman–Crippen LogP) is 2.76. The molecular weight excluding hydrogens is 296 g/mol. The summed E-state index contributed by atoms with van der Waals surface area (Å²) in [6.45, 7) is 3.75. The summed E-state index contributed by atoms with van der Waals surface area (Å²) in [5, 5.41) is 0. The van der Waals surface area contributed by atoms with Crippen molar-refractivity contribution in [1.29, 1.82) is 0 Å². The number of nitrogens with zero attached hydrogens (tertiary/aromatic N) is 1. The highest BCUT2D eigenvalue weighted by Gasteiger charge is 2.25. The molecule has 1 aliphatic rings. The van der Waals surface area contributed by atoms with Gasteiger partial charge in [-0.15, -0.1) is 11.8 Å². The Labute approximate surface area is 137 Å². The summed E-state index contributed by atoms with van der Waals surface area (Å²) in [4.78, 5) is 15.5. The van der Waals surface area contributed by atoms with E-state index in [1.54, 1.807) is 18.9 Å². The van der Waals surface area contributed by atoms with E-state index in [0.29, 0.717) is 12.3 Å². The van der Waals surface area contributed by atoms with Crippen LogP contribution in [0, 0.1) is 5.92 Å². The molecule has 1 amide bonds. The van der Waals surface area contributed by atoms with Gasteiger partial charge in [0.15, 0.2) is 0 Å². The van der Waals surface area contributed by atoms with E-state index >= 15 is 0 Å². The Kier molecular flexibility index (Phi) is 6.58. The lowest BCUT2D eigenvalue weighted by Crippen LogP contribution is -2.45. The van der Waals surface area contributed by atoms with E-state index in [2.05, 4.69) is 0 Å². The summed E-state index contributed by atoms with van der Waals surface area (Å²) in [5.74, 6) is 2.37. The number of carbonyl (C=O) groups excluding carboxylic acids is 1. The van der Waals surface area contributed by atoms with Gasteiger partial charge in [0, 0.05) is 36.2 Å². The molecule has 0 bridgehead atoms. The van der Waals surface area contributed by atoms with Crippen molar-refractivity contribution in [3.63, 3.8) is 0 Å². The molecule has 2 N–H and O–H groups in total. The third-order valence-electron chi connectivity index (χ3n) is 4.20. The predicted molar refractivity (Wildman–Crippen MR) is 91.3 cm³/mol. The minimum absolute atomic E-state index is 0.171. The highest BCUT2D eigenvalue weighted by molar-refractivity contribution is 7.99. The van der Waals surface area contributed by atoms with Crippen LogP contribution < -0.4 is 10.5 Å². The number of nitrogens with two attached hydrogens (primary N) is 1. The topological polar surface area (TPSA) is 55.6 Å². The first-order chi connectivity index (χ1) is 10.6. The second-order valence-electron chi connectivity index (χ2n) is 5.88. The molecule has 5 heteroatoms. The number of ether oxygens (including phenoxy) is 1. The minimum Gasteiger partial charge on any atom is -0.497 e. The number of piperidine rings is 1. The maximum Gasteiger partial charge on any atom is 0.223 e. The second kappa shape index (κ2) is 8.44. The summed E-state index contributed by atoms with van der Waals surface area (Å²) in [5.41, 5.74) is 5.98. The fourth-order valence-corrected chi connectivity index (χ4v) is 3.59. The summed E-state index contributed by atoms with van der Waals surface area (Å²) in [7, 11) is 1.66. The van der Waals surface area contributed by atoms with Crippen LogP contribution in [0.4, 0.5) is 0 Å². The summed E-state index contributed by atoms with van der Waals surface area (Å²) in [6, 6.07) is 8.12. The molecular formula is C17H26N2O2S. The third-order valence-corrected chi connectivity index (χ3v) is 5.21. The molecule has 0 saturated carbocycles. The number of hydrogen-bond donors (Lipinski definition) is 1. The SMILES string of the molecule is COc1ccc(SCCC(=O)N2CCCC(C(C)N)C2)cc1. The lowest BCUT2D eigenvalue weighted by Gasteiger charge is -2.34. The largest absolute Gasteiger partial charge is 0.497 e. The molecule has 122 valence electrons. The fraction of sp³-hybridized carbons (Fsp3) is 0.588. The van der Waals surface area contributed by atoms with Crippen LogP contribution in [-0.4, -0.2) is 42.8 Å². The van der Waals surface area contributed by atoms with Gasteiger partial charge in [-0.25, -0.2) is 0 Å². The Bertz CT molecular complexity index is 476. The average molecular weight is 322 g/mol. The first-order valence-electron chi connectivity index (χ1n) is 7.90. The van der Waals surface area contributed by atoms with Crippen LogP contribution >= 0.6 is 11.8 Å². The van der Waals surface area contributed by atoms with Gasteiger partial charge in [0.05, 0.1) is 7.11 Å². The molecule has 1 saturated heterocycles. The van der Waals surface area contributed by atoms with Crippen molar-refractivity contribution in [1.82, 2.24) is 4.90 Å². The molecule has 2 rings (SSSR count).